The van der Waals surface area contributed by atoms with Gasteiger partial charge < -0.3 is 25.7 Å². The number of carboxylic acid groups (broad SMARTS) is 1. The van der Waals surface area contributed by atoms with Gasteiger partial charge in [-0.05, 0) is 74.5 Å². The number of nitrogens with zero attached hydrogens (tertiary/aromatic N) is 5. The molecule has 5 rings (SSSR count). The second kappa shape index (κ2) is 15.0. The van der Waals surface area contributed by atoms with Crippen LogP contribution in [-0.2, 0) is 11.3 Å². The number of piperazine rings is 1. The summed E-state index contributed by atoms with van der Waals surface area (Å²) in [7, 11) is 2.16. The molecule has 43 heavy (non-hydrogen) atoms. The number of carboxylic acids is 1. The highest BCUT2D eigenvalue weighted by molar-refractivity contribution is 6.04. The van der Waals surface area contributed by atoms with Gasteiger partial charge in [-0.3, -0.25) is 14.7 Å². The minimum atomic E-state index is -1.23. The van der Waals surface area contributed by atoms with E-state index in [0.717, 1.165) is 55.2 Å². The number of anilines is 3. The second-order valence-electron chi connectivity index (χ2n) is 10.4. The number of benzene rings is 2. The van der Waals surface area contributed by atoms with Crippen LogP contribution in [0.1, 0.15) is 28.4 Å². The molecule has 1 aliphatic heterocycles. The SMILES string of the molecule is CC(O)C(=O)O.Cc1ccc(NC(=O)c2ccc(CN3CCN(C)CC3)cc2)cc1Nc1nccc(-c2cccnc2)n1. The van der Waals surface area contributed by atoms with E-state index in [1.807, 2.05) is 67.6 Å². The first kappa shape index (κ1) is 31.2. The van der Waals surface area contributed by atoms with Crippen LogP contribution >= 0.6 is 0 Å². The lowest BCUT2D eigenvalue weighted by Crippen LogP contribution is -2.43. The summed E-state index contributed by atoms with van der Waals surface area (Å²) >= 11 is 0. The first-order chi connectivity index (χ1) is 20.7. The Bertz CT molecular complexity index is 1510. The Balaban J connectivity index is 0.000000641. The molecule has 0 aliphatic carbocycles. The number of aliphatic carboxylic acids is 1. The average molecular weight is 584 g/mol. The minimum absolute atomic E-state index is 0.143. The highest BCUT2D eigenvalue weighted by Crippen LogP contribution is 2.24. The van der Waals surface area contributed by atoms with Gasteiger partial charge in [0.15, 0.2) is 0 Å². The molecule has 4 aromatic rings. The fourth-order valence-corrected chi connectivity index (χ4v) is 4.28. The Hall–Kier alpha value is -4.71. The van der Waals surface area contributed by atoms with Crippen molar-refractivity contribution in [2.75, 3.05) is 43.9 Å². The quantitative estimate of drug-likeness (QED) is 0.240. The Morgan fingerprint density at radius 3 is 2.37 bits per heavy atom. The van der Waals surface area contributed by atoms with E-state index in [9.17, 15) is 9.59 Å². The summed E-state index contributed by atoms with van der Waals surface area (Å²) in [6, 6.07) is 19.3. The highest BCUT2D eigenvalue weighted by Gasteiger charge is 2.14. The van der Waals surface area contributed by atoms with Crippen LogP contribution in [0.3, 0.4) is 0 Å². The first-order valence-corrected chi connectivity index (χ1v) is 14.0. The van der Waals surface area contributed by atoms with Gasteiger partial charge >= 0.3 is 5.97 Å². The third-order valence-electron chi connectivity index (χ3n) is 6.93. The fraction of sp³-hybridized carbons (Fsp3) is 0.281. The maximum Gasteiger partial charge on any atom is 0.332 e. The van der Waals surface area contributed by atoms with Crippen LogP contribution < -0.4 is 10.6 Å². The predicted molar refractivity (Wildman–Crippen MR) is 166 cm³/mol. The molecule has 0 saturated carbocycles. The standard InChI is InChI=1S/C29H31N7O.C3H6O3/c1-21-5-10-25(18-27(21)34-29-31-13-11-26(33-29)24-4-3-12-30-19-24)32-28(37)23-8-6-22(7-9-23)20-36-16-14-35(2)15-17-36;1-2(4)3(5)6/h3-13,18-19H,14-17,20H2,1-2H3,(H,32,37)(H,31,33,34);2,4H,1H3,(H,5,6). The summed E-state index contributed by atoms with van der Waals surface area (Å²) in [5.74, 6) is -0.852. The van der Waals surface area contributed by atoms with Crippen LogP contribution in [-0.4, -0.2) is 86.2 Å². The van der Waals surface area contributed by atoms with Crippen molar-refractivity contribution in [2.24, 2.45) is 0 Å². The van der Waals surface area contributed by atoms with Gasteiger partial charge in [-0.1, -0.05) is 18.2 Å². The number of amides is 1. The number of likely N-dealkylation sites (N-methyl/N-ethyl adjacent to an activating group) is 1. The van der Waals surface area contributed by atoms with Crippen molar-refractivity contribution in [3.05, 3.63) is 95.9 Å². The van der Waals surface area contributed by atoms with Gasteiger partial charge in [-0.15, -0.1) is 0 Å². The summed E-state index contributed by atoms with van der Waals surface area (Å²) in [6.07, 6.45) is 3.99. The molecule has 1 fully saturated rings. The van der Waals surface area contributed by atoms with Crippen molar-refractivity contribution >= 4 is 29.2 Å². The van der Waals surface area contributed by atoms with Crippen molar-refractivity contribution < 1.29 is 19.8 Å². The van der Waals surface area contributed by atoms with Gasteiger partial charge in [0.1, 0.15) is 6.10 Å². The summed E-state index contributed by atoms with van der Waals surface area (Å²) in [4.78, 5) is 40.3. The van der Waals surface area contributed by atoms with Gasteiger partial charge in [-0.25, -0.2) is 14.8 Å². The molecule has 0 radical (unpaired) electrons. The molecular formula is C32H37N7O4. The van der Waals surface area contributed by atoms with Crippen molar-refractivity contribution in [3.63, 3.8) is 0 Å². The van der Waals surface area contributed by atoms with Crippen molar-refractivity contribution in [3.8, 4) is 11.3 Å². The molecule has 2 aromatic heterocycles. The summed E-state index contributed by atoms with van der Waals surface area (Å²) in [5, 5.41) is 22.1. The molecule has 1 aliphatic rings. The van der Waals surface area contributed by atoms with E-state index in [-0.39, 0.29) is 5.91 Å². The number of carbonyl (C=O) groups is 2. The number of rotatable bonds is 8. The van der Waals surface area contributed by atoms with E-state index in [0.29, 0.717) is 17.2 Å². The molecule has 11 heteroatoms. The number of aliphatic hydroxyl groups excluding tert-OH is 1. The van der Waals surface area contributed by atoms with Crippen LogP contribution in [0.4, 0.5) is 17.3 Å². The lowest BCUT2D eigenvalue weighted by molar-refractivity contribution is -0.145. The monoisotopic (exact) mass is 583 g/mol. The summed E-state index contributed by atoms with van der Waals surface area (Å²) < 4.78 is 0. The Labute approximate surface area is 251 Å². The van der Waals surface area contributed by atoms with E-state index < -0.39 is 12.1 Å². The first-order valence-electron chi connectivity index (χ1n) is 14.0. The fourth-order valence-electron chi connectivity index (χ4n) is 4.28. The number of aryl methyl sites for hydroxylation is 1. The number of carbonyl (C=O) groups excluding carboxylic acids is 1. The molecule has 0 spiro atoms. The number of pyridine rings is 1. The number of nitrogens with one attached hydrogen (secondary N) is 2. The molecule has 4 N–H and O–H groups in total. The molecule has 1 amide bonds. The number of hydrogen-bond acceptors (Lipinski definition) is 9. The Morgan fingerprint density at radius 2 is 1.72 bits per heavy atom. The lowest BCUT2D eigenvalue weighted by atomic mass is 10.1. The van der Waals surface area contributed by atoms with Crippen LogP contribution in [0.15, 0.2) is 79.3 Å². The molecule has 0 bridgehead atoms. The van der Waals surface area contributed by atoms with Crippen LogP contribution in [0.2, 0.25) is 0 Å². The molecule has 11 nitrogen and oxygen atoms in total. The van der Waals surface area contributed by atoms with E-state index in [4.69, 9.17) is 10.2 Å². The molecular weight excluding hydrogens is 546 g/mol. The van der Waals surface area contributed by atoms with Gasteiger partial charge in [-0.2, -0.15) is 0 Å². The summed E-state index contributed by atoms with van der Waals surface area (Å²) in [5.41, 5.74) is 6.08. The lowest BCUT2D eigenvalue weighted by Gasteiger charge is -2.32. The third kappa shape index (κ3) is 9.40. The van der Waals surface area contributed by atoms with Crippen LogP contribution in [0.25, 0.3) is 11.3 Å². The van der Waals surface area contributed by atoms with E-state index in [2.05, 4.69) is 42.4 Å². The van der Waals surface area contributed by atoms with Crippen molar-refractivity contribution in [1.29, 1.82) is 0 Å². The zero-order valence-corrected chi connectivity index (χ0v) is 24.6. The Morgan fingerprint density at radius 1 is 1.00 bits per heavy atom. The normalized spacial score (nSPS) is 14.2. The number of aliphatic hydroxyl groups is 1. The zero-order chi connectivity index (χ0) is 30.8. The predicted octanol–water partition coefficient (Wildman–Crippen LogP) is 4.04. The van der Waals surface area contributed by atoms with E-state index in [1.165, 1.54) is 12.5 Å². The average Bonchev–Trinajstić information content (AvgIpc) is 3.01. The molecule has 3 heterocycles. The smallest absolute Gasteiger partial charge is 0.332 e. The molecule has 2 aromatic carbocycles. The second-order valence-corrected chi connectivity index (χ2v) is 10.4. The molecule has 1 saturated heterocycles. The maximum atomic E-state index is 12.9. The highest BCUT2D eigenvalue weighted by atomic mass is 16.4. The molecule has 1 unspecified atom stereocenters. The van der Waals surface area contributed by atoms with Gasteiger partial charge in [0.25, 0.3) is 5.91 Å². The van der Waals surface area contributed by atoms with Crippen molar-refractivity contribution in [2.45, 2.75) is 26.5 Å². The van der Waals surface area contributed by atoms with E-state index in [1.54, 1.807) is 18.6 Å². The topological polar surface area (TPSA) is 144 Å². The number of hydrogen-bond donors (Lipinski definition) is 4. The van der Waals surface area contributed by atoms with Gasteiger partial charge in [0.2, 0.25) is 5.95 Å². The van der Waals surface area contributed by atoms with Gasteiger partial charge in [0.05, 0.1) is 5.69 Å². The minimum Gasteiger partial charge on any atom is -0.479 e. The summed E-state index contributed by atoms with van der Waals surface area (Å²) in [6.45, 7) is 8.43. The zero-order valence-electron chi connectivity index (χ0n) is 24.6. The Kier molecular flexibility index (Phi) is 10.9. The van der Waals surface area contributed by atoms with E-state index >= 15 is 0 Å². The third-order valence-corrected chi connectivity index (χ3v) is 6.93. The molecule has 1 atom stereocenters. The largest absolute Gasteiger partial charge is 0.479 e. The number of aromatic nitrogens is 3. The van der Waals surface area contributed by atoms with Gasteiger partial charge in [0, 0.05) is 73.8 Å². The van der Waals surface area contributed by atoms with Crippen LogP contribution in [0.5, 0.6) is 0 Å². The molecule has 224 valence electrons. The van der Waals surface area contributed by atoms with Crippen LogP contribution in [0, 0.1) is 6.92 Å². The van der Waals surface area contributed by atoms with Crippen molar-refractivity contribution in [1.82, 2.24) is 24.8 Å². The maximum absolute atomic E-state index is 12.9.